The predicted octanol–water partition coefficient (Wildman–Crippen LogP) is 1.28. The molecule has 1 unspecified atom stereocenters. The topological polar surface area (TPSA) is 91.5 Å². The number of hydrogen-bond donors (Lipinski definition) is 2. The molecule has 1 aromatic rings. The van der Waals surface area contributed by atoms with Crippen molar-refractivity contribution in [2.45, 2.75) is 51.7 Å². The Balaban J connectivity index is 1.78. The highest BCUT2D eigenvalue weighted by Gasteiger charge is 2.31. The first-order valence-corrected chi connectivity index (χ1v) is 7.27. The van der Waals surface area contributed by atoms with Gasteiger partial charge in [0, 0.05) is 19.0 Å². The van der Waals surface area contributed by atoms with E-state index in [1.165, 1.54) is 4.90 Å². The highest BCUT2D eigenvalue weighted by molar-refractivity contribution is 5.73. The number of aromatic nitrogens is 2. The van der Waals surface area contributed by atoms with Gasteiger partial charge in [0.1, 0.15) is 0 Å². The van der Waals surface area contributed by atoms with Crippen molar-refractivity contribution in [2.24, 2.45) is 5.92 Å². The van der Waals surface area contributed by atoms with Crippen LogP contribution in [0.2, 0.25) is 0 Å². The maximum atomic E-state index is 11.9. The third kappa shape index (κ3) is 4.42. The Hall–Kier alpha value is -1.63. The fourth-order valence-corrected chi connectivity index (χ4v) is 1.91. The molecule has 21 heavy (non-hydrogen) atoms. The third-order valence-corrected chi connectivity index (χ3v) is 3.48. The van der Waals surface area contributed by atoms with Crippen LogP contribution in [0, 0.1) is 5.92 Å². The van der Waals surface area contributed by atoms with Gasteiger partial charge in [-0.25, -0.2) is 4.79 Å². The van der Waals surface area contributed by atoms with Crippen LogP contribution >= 0.6 is 0 Å². The molecule has 1 aliphatic carbocycles. The van der Waals surface area contributed by atoms with E-state index in [4.69, 9.17) is 4.52 Å². The Bertz CT molecular complexity index is 491. The van der Waals surface area contributed by atoms with E-state index in [9.17, 15) is 9.90 Å². The zero-order chi connectivity index (χ0) is 15.6. The molecular formula is C14H24N4O3. The number of rotatable bonds is 5. The molecule has 7 nitrogen and oxygen atoms in total. The van der Waals surface area contributed by atoms with Crippen LogP contribution in [0.5, 0.6) is 0 Å². The summed E-state index contributed by atoms with van der Waals surface area (Å²) in [5.74, 6) is 1.35. The summed E-state index contributed by atoms with van der Waals surface area (Å²) in [4.78, 5) is 17.6. The maximum absolute atomic E-state index is 11.9. The average Bonchev–Trinajstić information content (AvgIpc) is 3.13. The molecule has 0 saturated heterocycles. The van der Waals surface area contributed by atoms with E-state index in [1.54, 1.807) is 7.05 Å². The second-order valence-corrected chi connectivity index (χ2v) is 6.71. The molecule has 7 heteroatoms. The van der Waals surface area contributed by atoms with Crippen molar-refractivity contribution in [1.82, 2.24) is 20.4 Å². The number of nitrogens with one attached hydrogen (secondary N) is 1. The van der Waals surface area contributed by atoms with Gasteiger partial charge in [-0.05, 0) is 18.8 Å². The SMILES string of the molecule is CN(CC(O)C1CC1)C(=O)NCc1noc(C(C)(C)C)n1. The zero-order valence-electron chi connectivity index (χ0n) is 13.1. The number of carbonyl (C=O) groups is 1. The first kappa shape index (κ1) is 15.8. The third-order valence-electron chi connectivity index (χ3n) is 3.48. The summed E-state index contributed by atoms with van der Waals surface area (Å²) in [6.07, 6.45) is 1.67. The van der Waals surface area contributed by atoms with Gasteiger partial charge in [0.2, 0.25) is 5.89 Å². The maximum Gasteiger partial charge on any atom is 0.317 e. The van der Waals surface area contributed by atoms with Gasteiger partial charge < -0.3 is 19.8 Å². The Labute approximate surface area is 124 Å². The highest BCUT2D eigenvalue weighted by Crippen LogP contribution is 2.32. The zero-order valence-corrected chi connectivity index (χ0v) is 13.1. The molecular weight excluding hydrogens is 272 g/mol. The number of likely N-dealkylation sites (N-methyl/N-ethyl adjacent to an activating group) is 1. The number of urea groups is 1. The fourth-order valence-electron chi connectivity index (χ4n) is 1.91. The van der Waals surface area contributed by atoms with E-state index in [0.717, 1.165) is 12.8 Å². The van der Waals surface area contributed by atoms with Gasteiger partial charge in [0.15, 0.2) is 5.82 Å². The number of carbonyl (C=O) groups excluding carboxylic acids is 1. The predicted molar refractivity (Wildman–Crippen MR) is 76.6 cm³/mol. The van der Waals surface area contributed by atoms with Crippen LogP contribution in [0.3, 0.4) is 0 Å². The molecule has 1 fully saturated rings. The van der Waals surface area contributed by atoms with E-state index >= 15 is 0 Å². The molecule has 1 saturated carbocycles. The van der Waals surface area contributed by atoms with Gasteiger partial charge in [0.25, 0.3) is 0 Å². The van der Waals surface area contributed by atoms with E-state index in [1.807, 2.05) is 20.8 Å². The number of amides is 2. The lowest BCUT2D eigenvalue weighted by Gasteiger charge is -2.20. The van der Waals surface area contributed by atoms with Crippen LogP contribution in [-0.4, -0.2) is 45.9 Å². The summed E-state index contributed by atoms with van der Waals surface area (Å²) in [7, 11) is 1.66. The Morgan fingerprint density at radius 3 is 2.71 bits per heavy atom. The standard InChI is InChI=1S/C14H24N4O3/c1-14(2,3)12-16-11(17-21-12)7-15-13(20)18(4)8-10(19)9-5-6-9/h9-10,19H,5-8H2,1-4H3,(H,15,20). The summed E-state index contributed by atoms with van der Waals surface area (Å²) in [6, 6.07) is -0.253. The molecule has 2 amide bonds. The molecule has 1 heterocycles. The highest BCUT2D eigenvalue weighted by atomic mass is 16.5. The average molecular weight is 296 g/mol. The normalized spacial score (nSPS) is 16.6. The molecule has 1 aromatic heterocycles. The second kappa shape index (κ2) is 6.01. The van der Waals surface area contributed by atoms with Gasteiger partial charge in [-0.15, -0.1) is 0 Å². The van der Waals surface area contributed by atoms with Crippen LogP contribution in [0.4, 0.5) is 4.79 Å². The van der Waals surface area contributed by atoms with Crippen molar-refractivity contribution < 1.29 is 14.4 Å². The van der Waals surface area contributed by atoms with Gasteiger partial charge >= 0.3 is 6.03 Å². The smallest absolute Gasteiger partial charge is 0.317 e. The molecule has 0 aliphatic heterocycles. The molecule has 1 aliphatic rings. The Morgan fingerprint density at radius 1 is 1.52 bits per heavy atom. The van der Waals surface area contributed by atoms with Crippen molar-refractivity contribution in [3.8, 4) is 0 Å². The number of hydrogen-bond acceptors (Lipinski definition) is 5. The lowest BCUT2D eigenvalue weighted by Crippen LogP contribution is -2.41. The molecule has 0 aromatic carbocycles. The van der Waals surface area contributed by atoms with Gasteiger partial charge in [0.05, 0.1) is 12.6 Å². The van der Waals surface area contributed by atoms with Crippen LogP contribution in [-0.2, 0) is 12.0 Å². The summed E-state index contributed by atoms with van der Waals surface area (Å²) in [6.45, 7) is 6.50. The fraction of sp³-hybridized carbons (Fsp3) is 0.786. The van der Waals surface area contributed by atoms with Gasteiger partial charge in [-0.3, -0.25) is 0 Å². The van der Waals surface area contributed by atoms with Crippen molar-refractivity contribution in [3.05, 3.63) is 11.7 Å². The van der Waals surface area contributed by atoms with Gasteiger partial charge in [-0.2, -0.15) is 4.98 Å². The number of aliphatic hydroxyl groups excluding tert-OH is 1. The molecule has 0 spiro atoms. The molecule has 1 atom stereocenters. The van der Waals surface area contributed by atoms with Gasteiger partial charge in [-0.1, -0.05) is 25.9 Å². The molecule has 0 radical (unpaired) electrons. The van der Waals surface area contributed by atoms with E-state index < -0.39 is 6.10 Å². The summed E-state index contributed by atoms with van der Waals surface area (Å²) < 4.78 is 5.16. The monoisotopic (exact) mass is 296 g/mol. The first-order valence-electron chi connectivity index (χ1n) is 7.27. The van der Waals surface area contributed by atoms with E-state index in [-0.39, 0.29) is 18.0 Å². The van der Waals surface area contributed by atoms with Crippen LogP contribution in [0.25, 0.3) is 0 Å². The second-order valence-electron chi connectivity index (χ2n) is 6.71. The minimum absolute atomic E-state index is 0.208. The summed E-state index contributed by atoms with van der Waals surface area (Å²) in [5.41, 5.74) is -0.208. The number of nitrogens with zero attached hydrogens (tertiary/aromatic N) is 3. The van der Waals surface area contributed by atoms with Crippen molar-refractivity contribution in [1.29, 1.82) is 0 Å². The Morgan fingerprint density at radius 2 is 2.19 bits per heavy atom. The molecule has 2 N–H and O–H groups in total. The molecule has 118 valence electrons. The van der Waals surface area contributed by atoms with E-state index in [2.05, 4.69) is 15.5 Å². The van der Waals surface area contributed by atoms with Crippen molar-refractivity contribution in [2.75, 3.05) is 13.6 Å². The summed E-state index contributed by atoms with van der Waals surface area (Å²) in [5, 5.41) is 16.4. The van der Waals surface area contributed by atoms with E-state index in [0.29, 0.717) is 24.2 Å². The van der Waals surface area contributed by atoms with Crippen LogP contribution < -0.4 is 5.32 Å². The molecule has 0 bridgehead atoms. The van der Waals surface area contributed by atoms with Crippen molar-refractivity contribution >= 4 is 6.03 Å². The lowest BCUT2D eigenvalue weighted by molar-refractivity contribution is 0.113. The van der Waals surface area contributed by atoms with Crippen LogP contribution in [0.1, 0.15) is 45.3 Å². The molecule has 2 rings (SSSR count). The number of aliphatic hydroxyl groups is 1. The minimum atomic E-state index is -0.432. The van der Waals surface area contributed by atoms with Crippen LogP contribution in [0.15, 0.2) is 4.52 Å². The van der Waals surface area contributed by atoms with Crippen molar-refractivity contribution in [3.63, 3.8) is 0 Å². The minimum Gasteiger partial charge on any atom is -0.391 e. The largest absolute Gasteiger partial charge is 0.391 e. The summed E-state index contributed by atoms with van der Waals surface area (Å²) >= 11 is 0. The quantitative estimate of drug-likeness (QED) is 0.854. The Kier molecular flexibility index (Phi) is 4.51. The first-order chi connectivity index (χ1) is 9.77. The lowest BCUT2D eigenvalue weighted by atomic mass is 9.97.